The van der Waals surface area contributed by atoms with Gasteiger partial charge in [-0.15, -0.1) is 0 Å². The molecule has 2 aromatic carbocycles. The number of benzene rings is 2. The summed E-state index contributed by atoms with van der Waals surface area (Å²) in [6.07, 6.45) is 1.52. The van der Waals surface area contributed by atoms with Crippen LogP contribution in [-0.4, -0.2) is 121 Å². The summed E-state index contributed by atoms with van der Waals surface area (Å²) < 4.78 is 45.1. The minimum absolute atomic E-state index is 0.0219. The van der Waals surface area contributed by atoms with Crippen molar-refractivity contribution in [2.45, 2.75) is 25.7 Å². The largest absolute Gasteiger partial charge is 0.485 e. The van der Waals surface area contributed by atoms with Gasteiger partial charge in [0.1, 0.15) is 18.1 Å². The van der Waals surface area contributed by atoms with Gasteiger partial charge in [-0.05, 0) is 30.2 Å². The summed E-state index contributed by atoms with van der Waals surface area (Å²) in [6.45, 7) is 7.33. The van der Waals surface area contributed by atoms with Gasteiger partial charge >= 0.3 is 0 Å². The van der Waals surface area contributed by atoms with Gasteiger partial charge in [0.05, 0.1) is 97.3 Å². The second kappa shape index (κ2) is 25.7. The van der Waals surface area contributed by atoms with E-state index in [9.17, 15) is 9.59 Å². The number of carbonyl (C=O) groups excluding carboxylic acids is 2. The van der Waals surface area contributed by atoms with Crippen molar-refractivity contribution in [3.05, 3.63) is 59.7 Å². The van der Waals surface area contributed by atoms with E-state index in [-0.39, 0.29) is 24.6 Å². The molecule has 0 aromatic heterocycles. The molecule has 0 bridgehead atoms. The van der Waals surface area contributed by atoms with Crippen LogP contribution in [0.15, 0.2) is 53.5 Å². The van der Waals surface area contributed by atoms with Gasteiger partial charge in [-0.2, -0.15) is 0 Å². The maximum absolute atomic E-state index is 12.6. The summed E-state index contributed by atoms with van der Waals surface area (Å²) in [4.78, 5) is 29.8. The zero-order valence-electron chi connectivity index (χ0n) is 27.2. The third-order valence-corrected chi connectivity index (χ3v) is 7.22. The van der Waals surface area contributed by atoms with E-state index in [2.05, 4.69) is 22.6 Å². The smallest absolute Gasteiger partial charge is 0.170 e. The maximum atomic E-state index is 12.6. The third kappa shape index (κ3) is 17.6. The number of ketones is 2. The first-order valence-electron chi connectivity index (χ1n) is 16.2. The molecule has 0 atom stereocenters. The molecular weight excluding hydrogens is 721 g/mol. The standard InChI is InChI=1S/C35H48INO10/c36-11-13-41-15-17-43-19-21-45-23-25-46-24-22-44-20-18-42-16-14-40-12-5-7-30(38)28-47-35-10-4-2-8-32(35)34-27-31(39)26-29-6-1-3-9-33(29)37-34/h1-4,6,8-10H,5,7,11-28H2. The zero-order chi connectivity index (χ0) is 33.2. The number of ether oxygens (including phenoxy) is 8. The topological polar surface area (TPSA) is 120 Å². The summed E-state index contributed by atoms with van der Waals surface area (Å²) in [5, 5.41) is 0. The first kappa shape index (κ1) is 39.1. The lowest BCUT2D eigenvalue weighted by molar-refractivity contribution is -0.121. The lowest BCUT2D eigenvalue weighted by atomic mass is 10.0. The van der Waals surface area contributed by atoms with Crippen molar-refractivity contribution < 1.29 is 47.5 Å². The molecule has 2 aromatic rings. The Bertz CT molecular complexity index is 1190. The number of halogens is 1. The molecule has 12 heteroatoms. The normalized spacial score (nSPS) is 12.9. The fraction of sp³-hybridized carbons (Fsp3) is 0.571. The number of para-hydroxylation sites is 2. The molecular formula is C35H48INO10. The van der Waals surface area contributed by atoms with Gasteiger partial charge in [-0.25, -0.2) is 0 Å². The number of aliphatic imine (C=N–C) groups is 1. The number of carbonyl (C=O) groups is 2. The highest BCUT2D eigenvalue weighted by atomic mass is 127. The van der Waals surface area contributed by atoms with E-state index in [1.807, 2.05) is 42.5 Å². The molecule has 0 N–H and O–H groups in total. The molecule has 3 rings (SSSR count). The summed E-state index contributed by atoms with van der Waals surface area (Å²) in [6, 6.07) is 15.1. The van der Waals surface area contributed by atoms with Crippen molar-refractivity contribution in [2.75, 3.05) is 104 Å². The van der Waals surface area contributed by atoms with Crippen LogP contribution in [0.3, 0.4) is 0 Å². The Morgan fingerprint density at radius 1 is 0.638 bits per heavy atom. The monoisotopic (exact) mass is 769 g/mol. The number of Topliss-reactive ketones (excluding diaryl/α,β-unsaturated/α-hetero) is 2. The van der Waals surface area contributed by atoms with Crippen LogP contribution in [0.5, 0.6) is 5.75 Å². The highest BCUT2D eigenvalue weighted by molar-refractivity contribution is 14.1. The van der Waals surface area contributed by atoms with Gasteiger partial charge in [0.15, 0.2) is 5.78 Å². The van der Waals surface area contributed by atoms with Crippen molar-refractivity contribution in [1.82, 2.24) is 0 Å². The van der Waals surface area contributed by atoms with Crippen LogP contribution in [0.25, 0.3) is 0 Å². The van der Waals surface area contributed by atoms with Crippen LogP contribution in [0.4, 0.5) is 5.69 Å². The number of fused-ring (bicyclic) bond motifs is 1. The first-order valence-corrected chi connectivity index (χ1v) is 17.7. The zero-order valence-corrected chi connectivity index (χ0v) is 29.3. The number of hydrogen-bond donors (Lipinski definition) is 0. The molecule has 260 valence electrons. The summed E-state index contributed by atoms with van der Waals surface area (Å²) in [7, 11) is 0. The molecule has 0 radical (unpaired) electrons. The number of rotatable bonds is 28. The van der Waals surface area contributed by atoms with Gasteiger partial charge in [0.25, 0.3) is 0 Å². The van der Waals surface area contributed by atoms with Gasteiger partial charge in [0, 0.05) is 35.9 Å². The lowest BCUT2D eigenvalue weighted by Gasteiger charge is -2.12. The fourth-order valence-corrected chi connectivity index (χ4v) is 4.79. The predicted octanol–water partition coefficient (Wildman–Crippen LogP) is 4.60. The number of alkyl halides is 1. The second-order valence-corrected chi connectivity index (χ2v) is 11.6. The quantitative estimate of drug-likeness (QED) is 0.0691. The van der Waals surface area contributed by atoms with Crippen LogP contribution in [0.1, 0.15) is 30.4 Å². The van der Waals surface area contributed by atoms with E-state index in [1.54, 1.807) is 6.07 Å². The van der Waals surface area contributed by atoms with Crippen LogP contribution >= 0.6 is 22.6 Å². The van der Waals surface area contributed by atoms with Gasteiger partial charge < -0.3 is 37.9 Å². The number of hydrogen-bond acceptors (Lipinski definition) is 11. The molecule has 11 nitrogen and oxygen atoms in total. The molecule has 1 aliphatic rings. The summed E-state index contributed by atoms with van der Waals surface area (Å²) >= 11 is 2.27. The fourth-order valence-electron chi connectivity index (χ4n) is 4.48. The lowest BCUT2D eigenvalue weighted by Crippen LogP contribution is -2.15. The SMILES string of the molecule is O=C(CCCOCCOCCOCCOCCOCCOCCOCCI)COc1ccccc1C1=Nc2ccccc2CC(=O)C1. The van der Waals surface area contributed by atoms with E-state index in [4.69, 9.17) is 42.9 Å². The highest BCUT2D eigenvalue weighted by Crippen LogP contribution is 2.28. The Hall–Kier alpha value is -2.30. The molecule has 0 unspecified atom stereocenters. The van der Waals surface area contributed by atoms with Crippen LogP contribution in [-0.2, 0) is 49.2 Å². The Balaban J connectivity index is 1.12. The van der Waals surface area contributed by atoms with Crippen molar-refractivity contribution in [3.63, 3.8) is 0 Å². The molecule has 0 amide bonds. The average molecular weight is 770 g/mol. The molecule has 0 fully saturated rings. The minimum Gasteiger partial charge on any atom is -0.485 e. The van der Waals surface area contributed by atoms with Crippen molar-refractivity contribution in [3.8, 4) is 5.75 Å². The highest BCUT2D eigenvalue weighted by Gasteiger charge is 2.20. The van der Waals surface area contributed by atoms with Crippen molar-refractivity contribution in [1.29, 1.82) is 0 Å². The minimum atomic E-state index is -0.0537. The van der Waals surface area contributed by atoms with Crippen LogP contribution in [0.2, 0.25) is 0 Å². The summed E-state index contributed by atoms with van der Waals surface area (Å²) in [5.74, 6) is 0.619. The Morgan fingerprint density at radius 2 is 1.15 bits per heavy atom. The van der Waals surface area contributed by atoms with Crippen molar-refractivity contribution in [2.24, 2.45) is 4.99 Å². The molecule has 1 aliphatic heterocycles. The number of nitrogens with zero attached hydrogens (tertiary/aromatic N) is 1. The maximum Gasteiger partial charge on any atom is 0.170 e. The van der Waals surface area contributed by atoms with Gasteiger partial charge in [0.2, 0.25) is 0 Å². The van der Waals surface area contributed by atoms with E-state index in [0.29, 0.717) is 117 Å². The summed E-state index contributed by atoms with van der Waals surface area (Å²) in [5.41, 5.74) is 3.09. The first-order chi connectivity index (χ1) is 23.2. The Labute approximate surface area is 291 Å². The van der Waals surface area contributed by atoms with Gasteiger partial charge in [-0.1, -0.05) is 52.9 Å². The van der Waals surface area contributed by atoms with E-state index < -0.39 is 0 Å². The molecule has 47 heavy (non-hydrogen) atoms. The molecule has 1 heterocycles. The third-order valence-electron chi connectivity index (χ3n) is 6.78. The van der Waals surface area contributed by atoms with Gasteiger partial charge in [-0.3, -0.25) is 14.6 Å². The molecule has 0 saturated carbocycles. The second-order valence-electron chi connectivity index (χ2n) is 10.5. The average Bonchev–Trinajstić information content (AvgIpc) is 3.25. The molecule has 0 spiro atoms. The molecule has 0 saturated heterocycles. The predicted molar refractivity (Wildman–Crippen MR) is 187 cm³/mol. The van der Waals surface area contributed by atoms with E-state index in [0.717, 1.165) is 27.8 Å². The van der Waals surface area contributed by atoms with Crippen LogP contribution in [0, 0.1) is 0 Å². The Morgan fingerprint density at radius 3 is 1.74 bits per heavy atom. The van der Waals surface area contributed by atoms with E-state index in [1.165, 1.54) is 0 Å². The van der Waals surface area contributed by atoms with Crippen molar-refractivity contribution >= 4 is 45.6 Å². The van der Waals surface area contributed by atoms with Crippen LogP contribution < -0.4 is 4.74 Å². The molecule has 0 aliphatic carbocycles. The Kier molecular flexibility index (Phi) is 21.4. The van der Waals surface area contributed by atoms with E-state index >= 15 is 0 Å².